The smallest absolute Gasteiger partial charge is 0.317 e. The molecule has 0 aliphatic carbocycles. The molecule has 0 atom stereocenters. The Bertz CT molecular complexity index is 1260. The third-order valence-electron chi connectivity index (χ3n) is 7.98. The molecule has 0 saturated carbocycles. The average Bonchev–Trinajstić information content (AvgIpc) is 3.01. The maximum absolute atomic E-state index is 13.0. The first-order chi connectivity index (χ1) is 23.3. The number of carbonyl (C=O) groups is 6. The Hall–Kier alpha value is -4.35. The number of hydrogen-bond donors (Lipinski definition) is 7. The minimum atomic E-state index is -1.23. The van der Waals surface area contributed by atoms with Gasteiger partial charge >= 0.3 is 29.8 Å². The molecule has 0 aromatic carbocycles. The van der Waals surface area contributed by atoms with Crippen LogP contribution in [0.15, 0.2) is 6.07 Å². The van der Waals surface area contributed by atoms with Gasteiger partial charge in [-0.15, -0.1) is 0 Å². The van der Waals surface area contributed by atoms with E-state index in [0.29, 0.717) is 12.8 Å². The first-order valence-electron chi connectivity index (χ1n) is 16.6. The molecular formula is C32H50N6O11. The molecule has 0 spiro atoms. The molecule has 274 valence electrons. The monoisotopic (exact) mass is 694 g/mol. The molecule has 1 aliphatic rings. The van der Waals surface area contributed by atoms with E-state index < -0.39 is 61.9 Å². The number of amides is 1. The zero-order valence-corrected chi connectivity index (χ0v) is 27.9. The molecule has 0 bridgehead atoms. The summed E-state index contributed by atoms with van der Waals surface area (Å²) in [5, 5.41) is 51.9. The number of unbranched alkanes of at least 4 members (excludes halogenated alkanes) is 5. The number of nitrogens with zero attached hydrogens (tertiary/aromatic N) is 4. The summed E-state index contributed by atoms with van der Waals surface area (Å²) in [6.07, 6.45) is 8.05. The number of nitrogens with one attached hydrogen (secondary N) is 2. The van der Waals surface area contributed by atoms with Crippen LogP contribution in [0.4, 0.5) is 5.82 Å². The van der Waals surface area contributed by atoms with E-state index in [9.17, 15) is 39.0 Å². The van der Waals surface area contributed by atoms with Crippen LogP contribution >= 0.6 is 0 Å². The number of carboxylic acid groups (broad SMARTS) is 5. The molecule has 1 aliphatic heterocycles. The molecule has 17 heteroatoms. The number of aliphatic carboxylic acids is 5. The lowest BCUT2D eigenvalue weighted by atomic mass is 10.00. The highest BCUT2D eigenvalue weighted by Gasteiger charge is 2.21. The van der Waals surface area contributed by atoms with Crippen LogP contribution < -0.4 is 10.6 Å². The molecular weight excluding hydrogens is 644 g/mol. The number of aromatic nitrogens is 1. The van der Waals surface area contributed by atoms with Crippen LogP contribution in [-0.2, 0) is 48.2 Å². The van der Waals surface area contributed by atoms with Gasteiger partial charge < -0.3 is 36.2 Å². The number of aryl methyl sites for hydroxylation is 2. The summed E-state index contributed by atoms with van der Waals surface area (Å²) in [5.41, 5.74) is 2.81. The van der Waals surface area contributed by atoms with Crippen molar-refractivity contribution in [2.75, 3.05) is 70.8 Å². The van der Waals surface area contributed by atoms with Crippen LogP contribution in [0.1, 0.15) is 68.2 Å². The Balaban J connectivity index is 1.99. The summed E-state index contributed by atoms with van der Waals surface area (Å²) in [5.74, 6) is -5.19. The van der Waals surface area contributed by atoms with E-state index in [0.717, 1.165) is 79.0 Å². The third kappa shape index (κ3) is 18.1. The predicted molar refractivity (Wildman–Crippen MR) is 176 cm³/mol. The fourth-order valence-corrected chi connectivity index (χ4v) is 5.60. The van der Waals surface area contributed by atoms with Crippen LogP contribution in [0.25, 0.3) is 0 Å². The molecule has 1 aromatic rings. The van der Waals surface area contributed by atoms with Gasteiger partial charge in [0.2, 0.25) is 5.91 Å². The molecule has 0 saturated heterocycles. The van der Waals surface area contributed by atoms with Crippen molar-refractivity contribution in [1.82, 2.24) is 25.0 Å². The average molecular weight is 695 g/mol. The fourth-order valence-electron chi connectivity index (χ4n) is 5.60. The molecule has 49 heavy (non-hydrogen) atoms. The van der Waals surface area contributed by atoms with E-state index in [4.69, 9.17) is 20.3 Å². The topological polar surface area (TPSA) is 250 Å². The van der Waals surface area contributed by atoms with Gasteiger partial charge in [0, 0.05) is 51.4 Å². The van der Waals surface area contributed by atoms with Gasteiger partial charge in [-0.05, 0) is 49.3 Å². The lowest BCUT2D eigenvalue weighted by Gasteiger charge is -2.27. The Morgan fingerprint density at radius 1 is 0.673 bits per heavy atom. The SMILES string of the molecule is O=C(O)CCCCCCCCc1nc2c(cc1CNC(=O)CN(CCN(CCN(CC(=O)O)CC(=O)O)CC(=O)O)CC(=O)O)CCCN2. The quantitative estimate of drug-likeness (QED) is 0.0625. The molecule has 1 amide bonds. The van der Waals surface area contributed by atoms with Gasteiger partial charge in [-0.3, -0.25) is 43.5 Å². The van der Waals surface area contributed by atoms with Crippen LogP contribution in [0.5, 0.6) is 0 Å². The van der Waals surface area contributed by atoms with E-state index >= 15 is 0 Å². The van der Waals surface area contributed by atoms with Gasteiger partial charge in [0.25, 0.3) is 0 Å². The van der Waals surface area contributed by atoms with Crippen molar-refractivity contribution in [2.24, 2.45) is 0 Å². The van der Waals surface area contributed by atoms with Gasteiger partial charge in [-0.1, -0.05) is 25.7 Å². The number of anilines is 1. The maximum atomic E-state index is 13.0. The summed E-state index contributed by atoms with van der Waals surface area (Å²) in [4.78, 5) is 77.8. The first kappa shape index (κ1) is 40.8. The van der Waals surface area contributed by atoms with Gasteiger partial charge in [0.15, 0.2) is 0 Å². The van der Waals surface area contributed by atoms with E-state index in [2.05, 4.69) is 10.6 Å². The molecule has 17 nitrogen and oxygen atoms in total. The van der Waals surface area contributed by atoms with Gasteiger partial charge in [0.1, 0.15) is 5.82 Å². The molecule has 7 N–H and O–H groups in total. The second-order valence-corrected chi connectivity index (χ2v) is 12.2. The normalized spacial score (nSPS) is 12.5. The minimum absolute atomic E-state index is 0.00759. The second-order valence-electron chi connectivity index (χ2n) is 12.2. The van der Waals surface area contributed by atoms with Gasteiger partial charge in [-0.25, -0.2) is 4.98 Å². The summed E-state index contributed by atoms with van der Waals surface area (Å²) < 4.78 is 0. The summed E-state index contributed by atoms with van der Waals surface area (Å²) in [6, 6.07) is 2.05. The highest BCUT2D eigenvalue weighted by atomic mass is 16.4. The second kappa shape index (κ2) is 22.3. The number of hydrogen-bond acceptors (Lipinski definition) is 11. The van der Waals surface area contributed by atoms with Crippen molar-refractivity contribution < 1.29 is 54.3 Å². The molecule has 0 fully saturated rings. The van der Waals surface area contributed by atoms with E-state index in [1.807, 2.05) is 6.07 Å². The Morgan fingerprint density at radius 3 is 1.76 bits per heavy atom. The standard InChI is InChI=1S/C32H50N6O11/c39-26(18-37(20-29(44)45)14-12-36(19-28(42)43)13-15-38(21-30(46)47)22-31(48)49)34-17-24-16-23-8-7-11-33-32(23)35-25(24)9-5-3-1-2-4-6-10-27(40)41/h16H,1-15,17-22H2,(H,33,35)(H,34,39)(H,40,41)(H,42,43)(H,44,45)(H,46,47)(H,48,49). The van der Waals surface area contributed by atoms with Crippen molar-refractivity contribution >= 4 is 41.6 Å². The number of carboxylic acids is 5. The summed E-state index contributed by atoms with van der Waals surface area (Å²) >= 11 is 0. The van der Waals surface area contributed by atoms with E-state index in [-0.39, 0.29) is 45.7 Å². The minimum Gasteiger partial charge on any atom is -0.481 e. The zero-order valence-electron chi connectivity index (χ0n) is 27.9. The van der Waals surface area contributed by atoms with Crippen molar-refractivity contribution in [3.63, 3.8) is 0 Å². The van der Waals surface area contributed by atoms with Crippen LogP contribution in [-0.4, -0.2) is 146 Å². The van der Waals surface area contributed by atoms with Crippen LogP contribution in [0, 0.1) is 0 Å². The highest BCUT2D eigenvalue weighted by Crippen LogP contribution is 2.24. The van der Waals surface area contributed by atoms with E-state index in [1.165, 1.54) is 9.80 Å². The lowest BCUT2D eigenvalue weighted by molar-refractivity contribution is -0.143. The highest BCUT2D eigenvalue weighted by molar-refractivity contribution is 5.79. The Labute approximate surface area is 285 Å². The molecule has 0 radical (unpaired) electrons. The van der Waals surface area contributed by atoms with Crippen LogP contribution in [0.2, 0.25) is 0 Å². The number of rotatable bonds is 27. The largest absolute Gasteiger partial charge is 0.481 e. The summed E-state index contributed by atoms with van der Waals surface area (Å²) in [7, 11) is 0. The van der Waals surface area contributed by atoms with Crippen molar-refractivity contribution in [3.8, 4) is 0 Å². The van der Waals surface area contributed by atoms with Crippen molar-refractivity contribution in [3.05, 3.63) is 22.9 Å². The number of fused-ring (bicyclic) bond motifs is 1. The van der Waals surface area contributed by atoms with Crippen LogP contribution in [0.3, 0.4) is 0 Å². The molecule has 1 aromatic heterocycles. The zero-order chi connectivity index (χ0) is 36.2. The lowest BCUT2D eigenvalue weighted by Crippen LogP contribution is -2.46. The molecule has 2 rings (SSSR count). The number of carbonyl (C=O) groups excluding carboxylic acids is 1. The van der Waals surface area contributed by atoms with E-state index in [1.54, 1.807) is 0 Å². The maximum Gasteiger partial charge on any atom is 0.317 e. The predicted octanol–water partition coefficient (Wildman–Crippen LogP) is 0.658. The third-order valence-corrected chi connectivity index (χ3v) is 7.98. The summed E-state index contributed by atoms with van der Waals surface area (Å²) in [6.45, 7) is -1.27. The fraction of sp³-hybridized carbons (Fsp3) is 0.656. The van der Waals surface area contributed by atoms with Gasteiger partial charge in [0.05, 0.1) is 32.7 Å². The van der Waals surface area contributed by atoms with Crippen molar-refractivity contribution in [2.45, 2.75) is 70.8 Å². The Kier molecular flexibility index (Phi) is 18.6. The van der Waals surface area contributed by atoms with Gasteiger partial charge in [-0.2, -0.15) is 0 Å². The Morgan fingerprint density at radius 2 is 1.18 bits per heavy atom. The first-order valence-corrected chi connectivity index (χ1v) is 16.6. The number of pyridine rings is 1. The van der Waals surface area contributed by atoms with Crippen molar-refractivity contribution in [1.29, 1.82) is 0 Å². The molecule has 2 heterocycles. The molecule has 0 unspecified atom stereocenters.